The number of halogens is 1. The Morgan fingerprint density at radius 2 is 1.71 bits per heavy atom. The van der Waals surface area contributed by atoms with Crippen molar-refractivity contribution in [2.45, 2.75) is 13.5 Å². The Morgan fingerprint density at radius 3 is 2.38 bits per heavy atom. The van der Waals surface area contributed by atoms with Crippen LogP contribution in [-0.4, -0.2) is 20.3 Å². The van der Waals surface area contributed by atoms with Crippen LogP contribution in [0.4, 0.5) is 4.39 Å². The van der Waals surface area contributed by atoms with Crippen LogP contribution >= 0.6 is 0 Å². The summed E-state index contributed by atoms with van der Waals surface area (Å²) < 4.78 is 24.4. The molecule has 0 spiro atoms. The molecule has 0 fully saturated rings. The second-order valence-corrected chi connectivity index (χ2v) is 4.79. The molecule has 4 heteroatoms. The van der Waals surface area contributed by atoms with Crippen molar-refractivity contribution in [1.82, 2.24) is 5.32 Å². The summed E-state index contributed by atoms with van der Waals surface area (Å²) in [6.45, 7) is 3.31. The van der Waals surface area contributed by atoms with Gasteiger partial charge in [0.2, 0.25) is 0 Å². The molecule has 0 saturated heterocycles. The fraction of sp³-hybridized carbons (Fsp3) is 0.294. The zero-order chi connectivity index (χ0) is 15.1. The highest BCUT2D eigenvalue weighted by Gasteiger charge is 2.01. The lowest BCUT2D eigenvalue weighted by Gasteiger charge is -2.10. The average Bonchev–Trinajstić information content (AvgIpc) is 2.48. The van der Waals surface area contributed by atoms with Crippen LogP contribution in [0.3, 0.4) is 0 Å². The van der Waals surface area contributed by atoms with Crippen LogP contribution in [0, 0.1) is 12.7 Å². The van der Waals surface area contributed by atoms with E-state index in [1.54, 1.807) is 19.1 Å². The van der Waals surface area contributed by atoms with E-state index in [-0.39, 0.29) is 5.82 Å². The van der Waals surface area contributed by atoms with Crippen molar-refractivity contribution < 1.29 is 13.9 Å². The highest BCUT2D eigenvalue weighted by Crippen LogP contribution is 2.16. The molecule has 112 valence electrons. The zero-order valence-corrected chi connectivity index (χ0v) is 12.4. The van der Waals surface area contributed by atoms with E-state index in [1.165, 1.54) is 6.07 Å². The second-order valence-electron chi connectivity index (χ2n) is 4.79. The van der Waals surface area contributed by atoms with Gasteiger partial charge in [-0.15, -0.1) is 0 Å². The minimum absolute atomic E-state index is 0.256. The van der Waals surface area contributed by atoms with Gasteiger partial charge in [0, 0.05) is 12.6 Å². The Morgan fingerprint density at radius 1 is 1.00 bits per heavy atom. The van der Waals surface area contributed by atoms with Gasteiger partial charge in [-0.25, -0.2) is 4.39 Å². The quantitative estimate of drug-likeness (QED) is 0.793. The van der Waals surface area contributed by atoms with Gasteiger partial charge in [-0.05, 0) is 43.3 Å². The normalized spacial score (nSPS) is 10.4. The van der Waals surface area contributed by atoms with Crippen LogP contribution in [0.2, 0.25) is 0 Å². The molecular formula is C17H20FNO2. The molecular weight excluding hydrogens is 269 g/mol. The molecule has 0 aromatic heterocycles. The van der Waals surface area contributed by atoms with Gasteiger partial charge in [0.05, 0.1) is 0 Å². The van der Waals surface area contributed by atoms with Crippen molar-refractivity contribution in [3.63, 3.8) is 0 Å². The first-order chi connectivity index (χ1) is 10.2. The number of hydrogen-bond donors (Lipinski definition) is 1. The number of benzene rings is 2. The van der Waals surface area contributed by atoms with Gasteiger partial charge in [0.15, 0.2) is 0 Å². The summed E-state index contributed by atoms with van der Waals surface area (Å²) in [6, 6.07) is 12.7. The predicted molar refractivity (Wildman–Crippen MR) is 81.3 cm³/mol. The molecule has 21 heavy (non-hydrogen) atoms. The molecule has 2 aromatic rings. The molecule has 0 radical (unpaired) electrons. The van der Waals surface area contributed by atoms with E-state index in [1.807, 2.05) is 31.3 Å². The monoisotopic (exact) mass is 289 g/mol. The summed E-state index contributed by atoms with van der Waals surface area (Å²) in [6.07, 6.45) is 0. The molecule has 1 N–H and O–H groups in total. The minimum Gasteiger partial charge on any atom is -0.490 e. The summed E-state index contributed by atoms with van der Waals surface area (Å²) in [5.41, 5.74) is 1.77. The number of hydrogen-bond acceptors (Lipinski definition) is 3. The molecule has 0 amide bonds. The van der Waals surface area contributed by atoms with Gasteiger partial charge >= 0.3 is 0 Å². The maximum absolute atomic E-state index is 13.4. The molecule has 2 aromatic carbocycles. The Kier molecular flexibility index (Phi) is 5.58. The Hall–Kier alpha value is -2.07. The molecule has 0 heterocycles. The first-order valence-corrected chi connectivity index (χ1v) is 6.94. The standard InChI is InChI=1S/C17H20FNO2/c1-13-6-7-16(11-17(13)18)21-9-8-20-15-5-3-4-14(10-15)12-19-2/h3-7,10-11,19H,8-9,12H2,1-2H3. The van der Waals surface area contributed by atoms with Gasteiger partial charge < -0.3 is 14.8 Å². The van der Waals surface area contributed by atoms with Crippen LogP contribution in [0.5, 0.6) is 11.5 Å². The zero-order valence-electron chi connectivity index (χ0n) is 12.4. The number of ether oxygens (including phenoxy) is 2. The van der Waals surface area contributed by atoms with Crippen molar-refractivity contribution in [3.8, 4) is 11.5 Å². The van der Waals surface area contributed by atoms with E-state index >= 15 is 0 Å². The van der Waals surface area contributed by atoms with Crippen LogP contribution < -0.4 is 14.8 Å². The number of nitrogens with one attached hydrogen (secondary N) is 1. The summed E-state index contributed by atoms with van der Waals surface area (Å²) in [5.74, 6) is 1.07. The van der Waals surface area contributed by atoms with E-state index in [2.05, 4.69) is 5.32 Å². The molecule has 0 saturated carbocycles. The lowest BCUT2D eigenvalue weighted by Crippen LogP contribution is -2.10. The van der Waals surface area contributed by atoms with Crippen LogP contribution in [0.25, 0.3) is 0 Å². The number of rotatable bonds is 7. The minimum atomic E-state index is -0.256. The third-order valence-electron chi connectivity index (χ3n) is 3.04. The first kappa shape index (κ1) is 15.3. The van der Waals surface area contributed by atoms with Gasteiger partial charge in [0.25, 0.3) is 0 Å². The summed E-state index contributed by atoms with van der Waals surface area (Å²) in [5, 5.41) is 3.09. The lowest BCUT2D eigenvalue weighted by molar-refractivity contribution is 0.216. The topological polar surface area (TPSA) is 30.5 Å². The maximum Gasteiger partial charge on any atom is 0.129 e. The van der Waals surface area contributed by atoms with E-state index in [0.717, 1.165) is 17.9 Å². The highest BCUT2D eigenvalue weighted by molar-refractivity contribution is 5.29. The van der Waals surface area contributed by atoms with E-state index in [9.17, 15) is 4.39 Å². The van der Waals surface area contributed by atoms with Crippen LogP contribution in [0.1, 0.15) is 11.1 Å². The summed E-state index contributed by atoms with van der Waals surface area (Å²) in [4.78, 5) is 0. The van der Waals surface area contributed by atoms with E-state index in [0.29, 0.717) is 24.5 Å². The fourth-order valence-electron chi connectivity index (χ4n) is 1.93. The molecule has 0 aliphatic carbocycles. The van der Waals surface area contributed by atoms with Gasteiger partial charge in [-0.1, -0.05) is 18.2 Å². The fourth-order valence-corrected chi connectivity index (χ4v) is 1.93. The third-order valence-corrected chi connectivity index (χ3v) is 3.04. The van der Waals surface area contributed by atoms with E-state index in [4.69, 9.17) is 9.47 Å². The SMILES string of the molecule is CNCc1cccc(OCCOc2ccc(C)c(F)c2)c1. The molecule has 0 bridgehead atoms. The Bertz CT molecular complexity index is 587. The van der Waals surface area contributed by atoms with E-state index < -0.39 is 0 Å². The molecule has 0 aliphatic rings. The highest BCUT2D eigenvalue weighted by atomic mass is 19.1. The average molecular weight is 289 g/mol. The Balaban J connectivity index is 1.79. The Labute approximate surface area is 124 Å². The van der Waals surface area contributed by atoms with Crippen LogP contribution in [-0.2, 0) is 6.54 Å². The van der Waals surface area contributed by atoms with Gasteiger partial charge in [0.1, 0.15) is 30.5 Å². The summed E-state index contributed by atoms with van der Waals surface area (Å²) >= 11 is 0. The van der Waals surface area contributed by atoms with Crippen molar-refractivity contribution in [2.24, 2.45) is 0 Å². The third kappa shape index (κ3) is 4.76. The second kappa shape index (κ2) is 7.64. The molecule has 0 unspecified atom stereocenters. The summed E-state index contributed by atoms with van der Waals surface area (Å²) in [7, 11) is 1.90. The maximum atomic E-state index is 13.4. The first-order valence-electron chi connectivity index (χ1n) is 6.94. The van der Waals surface area contributed by atoms with Crippen molar-refractivity contribution in [2.75, 3.05) is 20.3 Å². The lowest BCUT2D eigenvalue weighted by atomic mass is 10.2. The predicted octanol–water partition coefficient (Wildman–Crippen LogP) is 3.31. The van der Waals surface area contributed by atoms with Crippen molar-refractivity contribution >= 4 is 0 Å². The van der Waals surface area contributed by atoms with Crippen molar-refractivity contribution in [1.29, 1.82) is 0 Å². The largest absolute Gasteiger partial charge is 0.490 e. The molecule has 3 nitrogen and oxygen atoms in total. The van der Waals surface area contributed by atoms with Crippen LogP contribution in [0.15, 0.2) is 42.5 Å². The molecule has 0 aliphatic heterocycles. The van der Waals surface area contributed by atoms with Gasteiger partial charge in [-0.2, -0.15) is 0 Å². The molecule has 2 rings (SSSR count). The van der Waals surface area contributed by atoms with Gasteiger partial charge in [-0.3, -0.25) is 0 Å². The molecule has 0 atom stereocenters. The number of aryl methyl sites for hydroxylation is 1. The van der Waals surface area contributed by atoms with Crippen molar-refractivity contribution in [3.05, 3.63) is 59.4 Å². The smallest absolute Gasteiger partial charge is 0.129 e.